The van der Waals surface area contributed by atoms with E-state index in [2.05, 4.69) is 4.72 Å². The maximum Gasteiger partial charge on any atom is 0.256 e. The summed E-state index contributed by atoms with van der Waals surface area (Å²) in [7, 11) is -2.02. The van der Waals surface area contributed by atoms with Crippen molar-refractivity contribution in [2.75, 3.05) is 25.9 Å². The molecule has 4 rings (SSSR count). The van der Waals surface area contributed by atoms with Crippen LogP contribution in [-0.4, -0.2) is 61.5 Å². The molecule has 0 aliphatic carbocycles. The highest BCUT2D eigenvalue weighted by atomic mass is 35.5. The number of hydrogen-bond acceptors (Lipinski definition) is 5. The van der Waals surface area contributed by atoms with Gasteiger partial charge in [-0.25, -0.2) is 13.1 Å². The Morgan fingerprint density at radius 3 is 2.54 bits per heavy atom. The number of benzene rings is 2. The van der Waals surface area contributed by atoms with Gasteiger partial charge in [0, 0.05) is 40.1 Å². The first-order chi connectivity index (χ1) is 16.6. The third-order valence-electron chi connectivity index (χ3n) is 6.56. The number of nitrogens with zero attached hydrogens (tertiary/aromatic N) is 2. The van der Waals surface area contributed by atoms with Crippen molar-refractivity contribution < 1.29 is 18.0 Å². The molecule has 186 valence electrons. The molecule has 3 aromatic rings. The molecule has 1 unspecified atom stereocenters. The lowest BCUT2D eigenvalue weighted by atomic mass is 9.84. The molecule has 1 atom stereocenters. The van der Waals surface area contributed by atoms with E-state index in [-0.39, 0.29) is 30.5 Å². The Bertz CT molecular complexity index is 1340. The summed E-state index contributed by atoms with van der Waals surface area (Å²) in [5.41, 5.74) is 0.492. The summed E-state index contributed by atoms with van der Waals surface area (Å²) < 4.78 is 27.2. The minimum absolute atomic E-state index is 0.0891. The SMILES string of the molecule is CNS(=O)(=O)CCCN(Cc1ccc(Cl)cc1)C(=O)C1(C)CCN1C(=O)c1csc2ccccc12. The fourth-order valence-electron chi connectivity index (χ4n) is 4.35. The van der Waals surface area contributed by atoms with E-state index in [1.54, 1.807) is 28.9 Å². The van der Waals surface area contributed by atoms with Gasteiger partial charge in [0.25, 0.3) is 5.91 Å². The van der Waals surface area contributed by atoms with Gasteiger partial charge in [0.15, 0.2) is 0 Å². The highest BCUT2D eigenvalue weighted by Gasteiger charge is 2.51. The number of carbonyl (C=O) groups excluding carboxylic acids is 2. The zero-order chi connectivity index (χ0) is 25.2. The second-order valence-electron chi connectivity index (χ2n) is 8.86. The van der Waals surface area contributed by atoms with Gasteiger partial charge in [-0.15, -0.1) is 11.3 Å². The second kappa shape index (κ2) is 10.3. The van der Waals surface area contributed by atoms with Crippen molar-refractivity contribution in [3.8, 4) is 0 Å². The Morgan fingerprint density at radius 1 is 1.17 bits per heavy atom. The molecule has 2 amide bonds. The van der Waals surface area contributed by atoms with Crippen molar-refractivity contribution in [1.29, 1.82) is 0 Å². The summed E-state index contributed by atoms with van der Waals surface area (Å²) in [6.07, 6.45) is 0.827. The van der Waals surface area contributed by atoms with Gasteiger partial charge >= 0.3 is 0 Å². The van der Waals surface area contributed by atoms with Crippen LogP contribution in [0, 0.1) is 0 Å². The molecule has 35 heavy (non-hydrogen) atoms. The number of fused-ring (bicyclic) bond motifs is 1. The summed E-state index contributed by atoms with van der Waals surface area (Å²) in [4.78, 5) is 30.6. The van der Waals surface area contributed by atoms with Gasteiger partial charge < -0.3 is 9.80 Å². The normalized spacial score (nSPS) is 17.9. The number of halogens is 1. The lowest BCUT2D eigenvalue weighted by Gasteiger charge is -2.51. The van der Waals surface area contributed by atoms with Gasteiger partial charge in [0.2, 0.25) is 15.9 Å². The molecular formula is C25H28ClN3O4S2. The molecular weight excluding hydrogens is 506 g/mol. The lowest BCUT2D eigenvalue weighted by Crippen LogP contribution is -2.67. The Kier molecular flexibility index (Phi) is 7.51. The van der Waals surface area contributed by atoms with Crippen LogP contribution in [0.3, 0.4) is 0 Å². The molecule has 10 heteroatoms. The maximum absolute atomic E-state index is 13.8. The highest BCUT2D eigenvalue weighted by molar-refractivity contribution is 7.89. The lowest BCUT2D eigenvalue weighted by molar-refractivity contribution is -0.149. The minimum atomic E-state index is -3.39. The van der Waals surface area contributed by atoms with E-state index >= 15 is 0 Å². The van der Waals surface area contributed by atoms with Crippen LogP contribution in [0.1, 0.15) is 35.7 Å². The minimum Gasteiger partial charge on any atom is -0.336 e. The van der Waals surface area contributed by atoms with Crippen LogP contribution in [0.15, 0.2) is 53.9 Å². The molecule has 2 heterocycles. The molecule has 1 aromatic heterocycles. The highest BCUT2D eigenvalue weighted by Crippen LogP contribution is 2.36. The first-order valence-electron chi connectivity index (χ1n) is 11.4. The van der Waals surface area contributed by atoms with E-state index in [4.69, 9.17) is 11.6 Å². The fraction of sp³-hybridized carbons (Fsp3) is 0.360. The predicted molar refractivity (Wildman–Crippen MR) is 140 cm³/mol. The molecule has 1 aliphatic heterocycles. The van der Waals surface area contributed by atoms with Crippen molar-refractivity contribution in [3.63, 3.8) is 0 Å². The molecule has 0 saturated carbocycles. The summed E-state index contributed by atoms with van der Waals surface area (Å²) in [5.74, 6) is -0.434. The Labute approximate surface area is 214 Å². The average molecular weight is 534 g/mol. The number of nitrogens with one attached hydrogen (secondary N) is 1. The van der Waals surface area contributed by atoms with Crippen molar-refractivity contribution in [2.45, 2.75) is 31.8 Å². The monoisotopic (exact) mass is 533 g/mol. The number of carbonyl (C=O) groups is 2. The third kappa shape index (κ3) is 5.38. The molecule has 1 fully saturated rings. The van der Waals surface area contributed by atoms with Crippen LogP contribution in [0.4, 0.5) is 0 Å². The summed E-state index contributed by atoms with van der Waals surface area (Å²) >= 11 is 7.52. The van der Waals surface area contributed by atoms with Gasteiger partial charge in [-0.3, -0.25) is 9.59 Å². The van der Waals surface area contributed by atoms with E-state index in [1.165, 1.54) is 18.4 Å². The standard InChI is InChI=1S/C25H28ClN3O4S2/c1-25(12-14-29(25)23(30)21-17-34-22-7-4-3-6-20(21)22)24(31)28(13-5-15-35(32,33)27-2)16-18-8-10-19(26)11-9-18/h3-4,6-11,17,27H,5,12-16H2,1-2H3. The van der Waals surface area contributed by atoms with Gasteiger partial charge in [-0.1, -0.05) is 41.9 Å². The van der Waals surface area contributed by atoms with Crippen molar-refractivity contribution in [2.24, 2.45) is 0 Å². The number of likely N-dealkylation sites (tertiary alicyclic amines) is 1. The Balaban J connectivity index is 1.56. The molecule has 0 radical (unpaired) electrons. The van der Waals surface area contributed by atoms with Crippen molar-refractivity contribution >= 4 is 54.9 Å². The maximum atomic E-state index is 13.8. The molecule has 1 N–H and O–H groups in total. The zero-order valence-corrected chi connectivity index (χ0v) is 22.0. The van der Waals surface area contributed by atoms with E-state index in [9.17, 15) is 18.0 Å². The molecule has 1 aliphatic rings. The van der Waals surface area contributed by atoms with E-state index in [0.29, 0.717) is 30.1 Å². The van der Waals surface area contributed by atoms with Gasteiger partial charge in [0.1, 0.15) is 5.54 Å². The van der Waals surface area contributed by atoms with Crippen LogP contribution in [0.25, 0.3) is 10.1 Å². The number of rotatable bonds is 9. The number of sulfonamides is 1. The Hall–Kier alpha value is -2.46. The molecule has 1 saturated heterocycles. The zero-order valence-electron chi connectivity index (χ0n) is 19.7. The summed E-state index contributed by atoms with van der Waals surface area (Å²) in [6.45, 7) is 2.84. The fourth-order valence-corrected chi connectivity index (χ4v) is 6.12. The quantitative estimate of drug-likeness (QED) is 0.448. The number of thiophene rings is 1. The first kappa shape index (κ1) is 25.6. The van der Waals surface area contributed by atoms with E-state index in [0.717, 1.165) is 15.6 Å². The van der Waals surface area contributed by atoms with Crippen LogP contribution < -0.4 is 4.72 Å². The molecule has 7 nitrogen and oxygen atoms in total. The third-order valence-corrected chi connectivity index (χ3v) is 9.22. The summed E-state index contributed by atoms with van der Waals surface area (Å²) in [6, 6.07) is 14.9. The van der Waals surface area contributed by atoms with E-state index in [1.807, 2.05) is 41.8 Å². The van der Waals surface area contributed by atoms with Gasteiger partial charge in [0.05, 0.1) is 11.3 Å². The summed E-state index contributed by atoms with van der Waals surface area (Å²) in [5, 5.41) is 3.33. The van der Waals surface area contributed by atoms with Crippen LogP contribution in [-0.2, 0) is 21.4 Å². The van der Waals surface area contributed by atoms with Crippen molar-refractivity contribution in [1.82, 2.24) is 14.5 Å². The molecule has 2 aromatic carbocycles. The van der Waals surface area contributed by atoms with Crippen LogP contribution in [0.5, 0.6) is 0 Å². The number of amides is 2. The number of hydrogen-bond donors (Lipinski definition) is 1. The second-order valence-corrected chi connectivity index (χ2v) is 12.2. The van der Waals surface area contributed by atoms with Gasteiger partial charge in [-0.05, 0) is 50.6 Å². The largest absolute Gasteiger partial charge is 0.336 e. The molecule has 0 bridgehead atoms. The predicted octanol–water partition coefficient (Wildman–Crippen LogP) is 4.13. The van der Waals surface area contributed by atoms with Gasteiger partial charge in [-0.2, -0.15) is 0 Å². The van der Waals surface area contributed by atoms with Crippen molar-refractivity contribution in [3.05, 3.63) is 70.1 Å². The first-order valence-corrected chi connectivity index (χ1v) is 14.3. The Morgan fingerprint density at radius 2 is 1.89 bits per heavy atom. The van der Waals surface area contributed by atoms with E-state index < -0.39 is 15.6 Å². The average Bonchev–Trinajstić information content (AvgIpc) is 3.27. The van der Waals surface area contributed by atoms with Crippen LogP contribution >= 0.6 is 22.9 Å². The topological polar surface area (TPSA) is 86.8 Å². The smallest absolute Gasteiger partial charge is 0.256 e. The van der Waals surface area contributed by atoms with Crippen LogP contribution in [0.2, 0.25) is 5.02 Å². The molecule has 0 spiro atoms.